The van der Waals surface area contributed by atoms with Gasteiger partial charge in [-0.05, 0) is 26.7 Å². The Morgan fingerprint density at radius 2 is 2.17 bits per heavy atom. The van der Waals surface area contributed by atoms with E-state index in [1.165, 1.54) is 18.4 Å². The minimum atomic E-state index is -0.746. The van der Waals surface area contributed by atoms with Gasteiger partial charge < -0.3 is 14.4 Å². The number of carbonyl (C=O) groups is 1. The second kappa shape index (κ2) is 7.70. The summed E-state index contributed by atoms with van der Waals surface area (Å²) in [6.07, 6.45) is 2.41. The Bertz CT molecular complexity index is 678. The van der Waals surface area contributed by atoms with Crippen molar-refractivity contribution >= 4 is 17.3 Å². The van der Waals surface area contributed by atoms with E-state index in [4.69, 9.17) is 9.26 Å². The lowest BCUT2D eigenvalue weighted by Crippen LogP contribution is -2.05. The van der Waals surface area contributed by atoms with Crippen molar-refractivity contribution in [1.82, 2.24) is 10.1 Å². The number of carbonyl (C=O) groups excluding carboxylic acids is 1. The number of hydrogen-bond donors (Lipinski definition) is 1. The van der Waals surface area contributed by atoms with E-state index in [-0.39, 0.29) is 0 Å². The molecule has 0 fully saturated rings. The van der Waals surface area contributed by atoms with Gasteiger partial charge in [-0.1, -0.05) is 18.5 Å². The van der Waals surface area contributed by atoms with E-state index in [9.17, 15) is 9.90 Å². The second-order valence-corrected chi connectivity index (χ2v) is 6.52. The molecule has 126 valence electrons. The third kappa shape index (κ3) is 3.97. The monoisotopic (exact) mass is 338 g/mol. The molecule has 0 amide bonds. The second-order valence-electron chi connectivity index (χ2n) is 5.44. The summed E-state index contributed by atoms with van der Waals surface area (Å²) in [5, 5.41) is 15.3. The number of aliphatic hydroxyl groups excluding tert-OH is 1. The molecule has 0 radical (unpaired) electrons. The first-order chi connectivity index (χ1) is 11.0. The highest BCUT2D eigenvalue weighted by atomic mass is 32.1. The van der Waals surface area contributed by atoms with Gasteiger partial charge in [-0.2, -0.15) is 0 Å². The Hall–Kier alpha value is -1.73. The molecule has 6 nitrogen and oxygen atoms in total. The molecule has 2 aromatic heterocycles. The first kappa shape index (κ1) is 17.6. The number of ether oxygens (including phenoxy) is 1. The van der Waals surface area contributed by atoms with Crippen LogP contribution in [0.5, 0.6) is 0 Å². The van der Waals surface area contributed by atoms with Crippen molar-refractivity contribution in [3.05, 3.63) is 32.6 Å². The highest BCUT2D eigenvalue weighted by Gasteiger charge is 2.23. The number of aromatic nitrogens is 2. The number of esters is 1. The lowest BCUT2D eigenvalue weighted by atomic mass is 10.0. The van der Waals surface area contributed by atoms with E-state index in [0.717, 1.165) is 30.5 Å². The zero-order chi connectivity index (χ0) is 17.0. The summed E-state index contributed by atoms with van der Waals surface area (Å²) in [4.78, 5) is 16.5. The summed E-state index contributed by atoms with van der Waals surface area (Å²) in [6, 6.07) is 0. The van der Waals surface area contributed by atoms with Gasteiger partial charge in [0.2, 0.25) is 0 Å². The van der Waals surface area contributed by atoms with E-state index in [0.29, 0.717) is 27.8 Å². The number of unbranched alkanes of at least 4 members (excludes halogenated alkanes) is 1. The number of aliphatic hydroxyl groups is 1. The highest BCUT2D eigenvalue weighted by molar-refractivity contribution is 7.13. The Kier molecular flexibility index (Phi) is 5.90. The van der Waals surface area contributed by atoms with Crippen LogP contribution in [0.2, 0.25) is 0 Å². The fraction of sp³-hybridized carbons (Fsp3) is 0.562. The van der Waals surface area contributed by atoms with Crippen LogP contribution in [0.4, 0.5) is 0 Å². The molecule has 0 aliphatic carbocycles. The molecule has 2 heterocycles. The molecule has 0 bridgehead atoms. The average molecular weight is 338 g/mol. The maximum Gasteiger partial charge on any atom is 0.349 e. The van der Waals surface area contributed by atoms with Gasteiger partial charge in [0.25, 0.3) is 0 Å². The molecule has 2 aromatic rings. The molecule has 1 N–H and O–H groups in total. The molecule has 0 aliphatic rings. The van der Waals surface area contributed by atoms with Crippen molar-refractivity contribution in [2.75, 3.05) is 7.11 Å². The lowest BCUT2D eigenvalue weighted by molar-refractivity contribution is 0.0605. The van der Waals surface area contributed by atoms with Crippen LogP contribution in [0.15, 0.2) is 4.52 Å². The van der Waals surface area contributed by atoms with Crippen LogP contribution in [0.3, 0.4) is 0 Å². The standard InChI is InChI=1S/C16H22N2O4S/c1-5-6-7-11-14(10(3)22-18-11)12(19)8-13-17-9(2)15(23-13)16(20)21-4/h12,19H,5-8H2,1-4H3. The van der Waals surface area contributed by atoms with Crippen molar-refractivity contribution < 1.29 is 19.2 Å². The van der Waals surface area contributed by atoms with Crippen LogP contribution in [0, 0.1) is 13.8 Å². The Balaban J connectivity index is 2.18. The van der Waals surface area contributed by atoms with Crippen molar-refractivity contribution in [3.8, 4) is 0 Å². The Morgan fingerprint density at radius 3 is 2.83 bits per heavy atom. The number of aryl methyl sites for hydroxylation is 3. The van der Waals surface area contributed by atoms with Gasteiger partial charge in [-0.15, -0.1) is 11.3 Å². The first-order valence-corrected chi connectivity index (χ1v) is 8.47. The van der Waals surface area contributed by atoms with Gasteiger partial charge in [-0.3, -0.25) is 0 Å². The van der Waals surface area contributed by atoms with Gasteiger partial charge >= 0.3 is 5.97 Å². The smallest absolute Gasteiger partial charge is 0.349 e. The molecule has 7 heteroatoms. The van der Waals surface area contributed by atoms with Crippen LogP contribution in [0.1, 0.15) is 63.3 Å². The van der Waals surface area contributed by atoms with Gasteiger partial charge in [0, 0.05) is 12.0 Å². The third-order valence-corrected chi connectivity index (χ3v) is 4.82. The number of methoxy groups -OCH3 is 1. The average Bonchev–Trinajstić information content (AvgIpc) is 3.07. The van der Waals surface area contributed by atoms with Crippen LogP contribution in [-0.4, -0.2) is 28.3 Å². The quantitative estimate of drug-likeness (QED) is 0.781. The van der Waals surface area contributed by atoms with Gasteiger partial charge in [-0.25, -0.2) is 9.78 Å². The van der Waals surface area contributed by atoms with Gasteiger partial charge in [0.15, 0.2) is 0 Å². The minimum Gasteiger partial charge on any atom is -0.465 e. The number of rotatable bonds is 7. The Morgan fingerprint density at radius 1 is 1.43 bits per heavy atom. The predicted molar refractivity (Wildman–Crippen MR) is 86.7 cm³/mol. The number of thiazole rings is 1. The van der Waals surface area contributed by atoms with Crippen molar-refractivity contribution in [1.29, 1.82) is 0 Å². The molecule has 0 spiro atoms. The molecular weight excluding hydrogens is 316 g/mol. The molecule has 2 rings (SSSR count). The first-order valence-electron chi connectivity index (χ1n) is 7.65. The van der Waals surface area contributed by atoms with E-state index in [2.05, 4.69) is 17.1 Å². The summed E-state index contributed by atoms with van der Waals surface area (Å²) in [5.74, 6) is 0.232. The van der Waals surface area contributed by atoms with Crippen LogP contribution < -0.4 is 0 Å². The van der Waals surface area contributed by atoms with Crippen molar-refractivity contribution in [3.63, 3.8) is 0 Å². The zero-order valence-corrected chi connectivity index (χ0v) is 14.7. The fourth-order valence-corrected chi connectivity index (χ4v) is 3.49. The SMILES string of the molecule is CCCCc1noc(C)c1C(O)Cc1nc(C)c(C(=O)OC)s1. The number of hydrogen-bond acceptors (Lipinski definition) is 7. The molecule has 0 aliphatic heterocycles. The molecule has 1 unspecified atom stereocenters. The van der Waals surface area contributed by atoms with E-state index < -0.39 is 12.1 Å². The van der Waals surface area contributed by atoms with Crippen LogP contribution in [0.25, 0.3) is 0 Å². The molecule has 1 atom stereocenters. The Labute approximate surface area is 139 Å². The molecule has 0 saturated heterocycles. The maximum absolute atomic E-state index is 11.6. The summed E-state index contributed by atoms with van der Waals surface area (Å²) < 4.78 is 9.97. The normalized spacial score (nSPS) is 12.4. The topological polar surface area (TPSA) is 85.5 Å². The van der Waals surface area contributed by atoms with Gasteiger partial charge in [0.1, 0.15) is 10.6 Å². The lowest BCUT2D eigenvalue weighted by Gasteiger charge is -2.09. The molecule has 0 aromatic carbocycles. The van der Waals surface area contributed by atoms with Crippen LogP contribution in [-0.2, 0) is 17.6 Å². The van der Waals surface area contributed by atoms with E-state index in [1.807, 2.05) is 0 Å². The maximum atomic E-state index is 11.6. The van der Waals surface area contributed by atoms with E-state index in [1.54, 1.807) is 13.8 Å². The predicted octanol–water partition coefficient (Wildman–Crippen LogP) is 3.15. The summed E-state index contributed by atoms with van der Waals surface area (Å²) >= 11 is 1.25. The summed E-state index contributed by atoms with van der Waals surface area (Å²) in [5.41, 5.74) is 2.17. The van der Waals surface area contributed by atoms with Crippen LogP contribution >= 0.6 is 11.3 Å². The molecular formula is C16H22N2O4S. The minimum absolute atomic E-state index is 0.323. The zero-order valence-electron chi connectivity index (χ0n) is 13.9. The van der Waals surface area contributed by atoms with Gasteiger partial charge in [0.05, 0.1) is 29.6 Å². The number of nitrogens with zero attached hydrogens (tertiary/aromatic N) is 2. The molecule has 23 heavy (non-hydrogen) atoms. The summed E-state index contributed by atoms with van der Waals surface area (Å²) in [6.45, 7) is 5.67. The van der Waals surface area contributed by atoms with Crippen molar-refractivity contribution in [2.24, 2.45) is 0 Å². The fourth-order valence-electron chi connectivity index (χ4n) is 2.47. The third-order valence-electron chi connectivity index (χ3n) is 3.66. The largest absolute Gasteiger partial charge is 0.465 e. The van der Waals surface area contributed by atoms with Crippen molar-refractivity contribution in [2.45, 2.75) is 52.6 Å². The summed E-state index contributed by atoms with van der Waals surface area (Å²) in [7, 11) is 1.34. The highest BCUT2D eigenvalue weighted by Crippen LogP contribution is 2.29. The van der Waals surface area contributed by atoms with E-state index >= 15 is 0 Å². The molecule has 0 saturated carbocycles.